The van der Waals surface area contributed by atoms with Crippen molar-refractivity contribution < 1.29 is 4.79 Å². The highest BCUT2D eigenvalue weighted by molar-refractivity contribution is 6.38. The molecule has 2 aromatic heterocycles. The van der Waals surface area contributed by atoms with Gasteiger partial charge in [-0.25, -0.2) is 0 Å². The molecule has 0 radical (unpaired) electrons. The minimum Gasteiger partial charge on any atom is -0.350 e. The van der Waals surface area contributed by atoms with Gasteiger partial charge in [-0.3, -0.25) is 4.79 Å². The average molecular weight is 458 g/mol. The Bertz CT molecular complexity index is 1260. The highest BCUT2D eigenvalue weighted by atomic mass is 35.5. The minimum absolute atomic E-state index is 0. The Labute approximate surface area is 189 Å². The maximum absolute atomic E-state index is 12.1. The smallest absolute Gasteiger partial charge is 0.240 e. The van der Waals surface area contributed by atoms with Crippen LogP contribution in [-0.2, 0) is 18.4 Å². The van der Waals surface area contributed by atoms with Crippen molar-refractivity contribution in [3.63, 3.8) is 0 Å². The first-order valence-corrected chi connectivity index (χ1v) is 10.0. The lowest BCUT2D eigenvalue weighted by molar-refractivity contribution is -0.123. The number of hydrogen-bond acceptors (Lipinski definition) is 5. The molecule has 160 valence electrons. The Morgan fingerprint density at radius 3 is 2.55 bits per heavy atom. The fourth-order valence-electron chi connectivity index (χ4n) is 3.53. The van der Waals surface area contributed by atoms with Gasteiger partial charge in [0.05, 0.1) is 23.1 Å². The molecule has 0 spiro atoms. The number of halogens is 2. The van der Waals surface area contributed by atoms with E-state index in [2.05, 4.69) is 20.7 Å². The summed E-state index contributed by atoms with van der Waals surface area (Å²) >= 11 is 6.72. The molecule has 1 amide bonds. The van der Waals surface area contributed by atoms with Gasteiger partial charge in [-0.15, -0.1) is 22.6 Å². The van der Waals surface area contributed by atoms with Crippen LogP contribution in [0.1, 0.15) is 18.4 Å². The molecule has 1 saturated carbocycles. The van der Waals surface area contributed by atoms with E-state index in [0.29, 0.717) is 23.1 Å². The predicted molar refractivity (Wildman–Crippen MR) is 121 cm³/mol. The molecule has 5 rings (SSSR count). The largest absolute Gasteiger partial charge is 0.350 e. The second-order valence-corrected chi connectivity index (χ2v) is 8.00. The lowest BCUT2D eigenvalue weighted by Gasteiger charge is -2.12. The molecule has 1 aliphatic carbocycles. The van der Waals surface area contributed by atoms with E-state index < -0.39 is 5.54 Å². The van der Waals surface area contributed by atoms with Crippen LogP contribution in [0.4, 0.5) is 0 Å². The third-order valence-corrected chi connectivity index (χ3v) is 5.80. The van der Waals surface area contributed by atoms with Gasteiger partial charge in [0.25, 0.3) is 0 Å². The molecule has 1 fully saturated rings. The van der Waals surface area contributed by atoms with Gasteiger partial charge in [-0.2, -0.15) is 4.80 Å². The number of nitrogens with one attached hydrogen (secondary N) is 1. The van der Waals surface area contributed by atoms with Crippen molar-refractivity contribution >= 4 is 40.8 Å². The van der Waals surface area contributed by atoms with Crippen LogP contribution in [0.15, 0.2) is 48.5 Å². The molecule has 31 heavy (non-hydrogen) atoms. The van der Waals surface area contributed by atoms with Crippen molar-refractivity contribution in [2.24, 2.45) is 12.8 Å². The second kappa shape index (κ2) is 7.96. The summed E-state index contributed by atoms with van der Waals surface area (Å²) in [7, 11) is 1.72. The molecule has 0 saturated heterocycles. The predicted octanol–water partition coefficient (Wildman–Crippen LogP) is 3.00. The zero-order chi connectivity index (χ0) is 20.9. The molecule has 0 unspecified atom stereocenters. The molecule has 4 aromatic rings. The normalized spacial score (nSPS) is 14.3. The molecule has 2 heterocycles. The Hall–Kier alpha value is -2.94. The number of carbonyl (C=O) groups is 1. The number of aryl methyl sites for hydroxylation is 1. The summed E-state index contributed by atoms with van der Waals surface area (Å²) in [6.07, 6.45) is 1.50. The Kier molecular flexibility index (Phi) is 5.47. The van der Waals surface area contributed by atoms with Crippen molar-refractivity contribution in [1.29, 1.82) is 0 Å². The van der Waals surface area contributed by atoms with Crippen LogP contribution in [0, 0.1) is 0 Å². The fraction of sp³-hybridized carbons (Fsp3) is 0.238. The molecule has 10 heteroatoms. The van der Waals surface area contributed by atoms with Gasteiger partial charge in [0.2, 0.25) is 11.7 Å². The Morgan fingerprint density at radius 1 is 1.19 bits per heavy atom. The van der Waals surface area contributed by atoms with Gasteiger partial charge in [-0.1, -0.05) is 41.9 Å². The fourth-order valence-corrected chi connectivity index (χ4v) is 3.86. The van der Waals surface area contributed by atoms with Gasteiger partial charge in [0, 0.05) is 17.6 Å². The number of hydrogen-bond donors (Lipinski definition) is 2. The van der Waals surface area contributed by atoms with E-state index in [0.717, 1.165) is 35.0 Å². The van der Waals surface area contributed by atoms with Gasteiger partial charge in [-0.05, 0) is 41.8 Å². The SMILES string of the molecule is Cl.Cn1nnc(-c2c(Cl)c3ccccc3n2-c2ccc(CNC(=O)C3(N)CC3)cc2)n1. The summed E-state index contributed by atoms with van der Waals surface area (Å²) in [6.45, 7) is 0.434. The lowest BCUT2D eigenvalue weighted by atomic mass is 10.2. The molecular formula is C21H21Cl2N7O. The maximum Gasteiger partial charge on any atom is 0.240 e. The van der Waals surface area contributed by atoms with E-state index in [9.17, 15) is 4.79 Å². The maximum atomic E-state index is 12.1. The van der Waals surface area contributed by atoms with Crippen LogP contribution >= 0.6 is 24.0 Å². The topological polar surface area (TPSA) is 104 Å². The monoisotopic (exact) mass is 457 g/mol. The van der Waals surface area contributed by atoms with Crippen LogP contribution in [0.5, 0.6) is 0 Å². The summed E-state index contributed by atoms with van der Waals surface area (Å²) < 4.78 is 2.02. The van der Waals surface area contributed by atoms with Crippen molar-refractivity contribution in [3.8, 4) is 17.2 Å². The van der Waals surface area contributed by atoms with Crippen molar-refractivity contribution in [2.45, 2.75) is 24.9 Å². The zero-order valence-corrected chi connectivity index (χ0v) is 18.3. The first kappa shape index (κ1) is 21.3. The zero-order valence-electron chi connectivity index (χ0n) is 16.7. The van der Waals surface area contributed by atoms with E-state index in [1.54, 1.807) is 7.05 Å². The molecular weight excluding hydrogens is 437 g/mol. The summed E-state index contributed by atoms with van der Waals surface area (Å²) in [4.78, 5) is 13.5. The standard InChI is InChI=1S/C21H20ClN7O.ClH/c1-28-26-19(25-27-28)18-17(22)15-4-2-3-5-16(15)29(18)14-8-6-13(7-9-14)12-24-20(30)21(23)10-11-21;/h2-9H,10-12,23H2,1H3,(H,24,30);1H. The first-order chi connectivity index (χ1) is 14.5. The van der Waals surface area contributed by atoms with Gasteiger partial charge in [0.15, 0.2) is 0 Å². The van der Waals surface area contributed by atoms with E-state index in [1.807, 2.05) is 53.1 Å². The number of nitrogens with two attached hydrogens (primary N) is 1. The summed E-state index contributed by atoms with van der Waals surface area (Å²) in [5, 5.41) is 16.9. The highest BCUT2D eigenvalue weighted by Gasteiger charge is 2.45. The number of rotatable bonds is 5. The van der Waals surface area contributed by atoms with E-state index in [4.69, 9.17) is 17.3 Å². The molecule has 0 bridgehead atoms. The van der Waals surface area contributed by atoms with Crippen LogP contribution in [0.3, 0.4) is 0 Å². The second-order valence-electron chi connectivity index (χ2n) is 7.62. The van der Waals surface area contributed by atoms with Crippen LogP contribution in [0.25, 0.3) is 28.1 Å². The Morgan fingerprint density at radius 2 is 1.90 bits per heavy atom. The average Bonchev–Trinajstić information content (AvgIpc) is 3.26. The number of para-hydroxylation sites is 1. The first-order valence-electron chi connectivity index (χ1n) is 9.66. The van der Waals surface area contributed by atoms with Crippen molar-refractivity contribution in [2.75, 3.05) is 0 Å². The number of aromatic nitrogens is 5. The third-order valence-electron chi connectivity index (χ3n) is 5.42. The number of fused-ring (bicyclic) bond motifs is 1. The van der Waals surface area contributed by atoms with Gasteiger partial charge >= 0.3 is 0 Å². The molecule has 1 aliphatic rings. The number of carbonyl (C=O) groups excluding carboxylic acids is 1. The van der Waals surface area contributed by atoms with Crippen molar-refractivity contribution in [3.05, 3.63) is 59.1 Å². The lowest BCUT2D eigenvalue weighted by Crippen LogP contribution is -2.42. The molecule has 0 aliphatic heterocycles. The number of benzene rings is 2. The summed E-state index contributed by atoms with van der Waals surface area (Å²) in [5.41, 5.74) is 8.80. The van der Waals surface area contributed by atoms with Crippen molar-refractivity contribution in [1.82, 2.24) is 30.1 Å². The van der Waals surface area contributed by atoms with E-state index in [-0.39, 0.29) is 18.3 Å². The molecule has 0 atom stereocenters. The van der Waals surface area contributed by atoms with Crippen LogP contribution in [0.2, 0.25) is 5.02 Å². The summed E-state index contributed by atoms with van der Waals surface area (Å²) in [6, 6.07) is 15.8. The number of tetrazole rings is 1. The molecule has 3 N–H and O–H groups in total. The Balaban J connectivity index is 0.00000231. The van der Waals surface area contributed by atoms with E-state index >= 15 is 0 Å². The number of nitrogens with zero attached hydrogens (tertiary/aromatic N) is 5. The third kappa shape index (κ3) is 3.78. The van der Waals surface area contributed by atoms with Gasteiger partial charge < -0.3 is 15.6 Å². The van der Waals surface area contributed by atoms with Gasteiger partial charge in [0.1, 0.15) is 5.69 Å². The minimum atomic E-state index is -0.667. The quantitative estimate of drug-likeness (QED) is 0.479. The number of amides is 1. The summed E-state index contributed by atoms with van der Waals surface area (Å²) in [5.74, 6) is 0.360. The van der Waals surface area contributed by atoms with E-state index in [1.165, 1.54) is 4.80 Å². The van der Waals surface area contributed by atoms with Crippen LogP contribution < -0.4 is 11.1 Å². The molecule has 2 aromatic carbocycles. The highest BCUT2D eigenvalue weighted by Crippen LogP contribution is 2.38. The van der Waals surface area contributed by atoms with Crippen LogP contribution in [-0.4, -0.2) is 36.2 Å². The molecule has 8 nitrogen and oxygen atoms in total.